The van der Waals surface area contributed by atoms with Crippen LogP contribution in [0.2, 0.25) is 0 Å². The maximum absolute atomic E-state index is 13.6. The lowest BCUT2D eigenvalue weighted by atomic mass is 9.87. The maximum Gasteiger partial charge on any atom is 0.417 e. The van der Waals surface area contributed by atoms with Crippen molar-refractivity contribution in [1.29, 1.82) is 5.26 Å². The molecule has 0 aromatic heterocycles. The molecule has 3 unspecified atom stereocenters. The largest absolute Gasteiger partial charge is 0.497 e. The second kappa shape index (κ2) is 9.63. The molecule has 0 N–H and O–H groups in total. The molecule has 2 fully saturated rings. The minimum atomic E-state index is -4.79. The van der Waals surface area contributed by atoms with Gasteiger partial charge in [0, 0.05) is 12.2 Å². The molecule has 2 aromatic carbocycles. The Balaban J connectivity index is 1.72. The van der Waals surface area contributed by atoms with Crippen LogP contribution in [0.15, 0.2) is 42.5 Å². The zero-order valence-electron chi connectivity index (χ0n) is 19.5. The number of halogens is 3. The van der Waals surface area contributed by atoms with Crippen molar-refractivity contribution in [2.75, 3.05) is 18.3 Å². The molecule has 1 aliphatic heterocycles. The van der Waals surface area contributed by atoms with Crippen LogP contribution in [0.25, 0.3) is 0 Å². The fourth-order valence-corrected chi connectivity index (χ4v) is 5.59. The van der Waals surface area contributed by atoms with Crippen molar-refractivity contribution < 1.29 is 35.3 Å². The highest BCUT2D eigenvalue weighted by atomic mass is 32.2. The molecule has 3 atom stereocenters. The number of alkyl halides is 3. The fraction of sp³-hybridized carbons (Fsp3) is 0.417. The Morgan fingerprint density at radius 1 is 1.11 bits per heavy atom. The maximum atomic E-state index is 13.6. The summed E-state index contributed by atoms with van der Waals surface area (Å²) in [6.07, 6.45) is -3.66. The zero-order valence-corrected chi connectivity index (χ0v) is 20.3. The highest BCUT2D eigenvalue weighted by Gasteiger charge is 2.50. The number of fused-ring (bicyclic) bond motifs is 1. The van der Waals surface area contributed by atoms with Gasteiger partial charge in [-0.25, -0.2) is 4.79 Å². The molecule has 2 aromatic rings. The van der Waals surface area contributed by atoms with Gasteiger partial charge in [0.25, 0.3) is 10.1 Å². The number of rotatable bonds is 6. The van der Waals surface area contributed by atoms with Crippen LogP contribution in [-0.2, 0) is 27.0 Å². The van der Waals surface area contributed by atoms with Crippen LogP contribution >= 0.6 is 0 Å². The lowest BCUT2D eigenvalue weighted by Gasteiger charge is -2.35. The Labute approximate surface area is 206 Å². The minimum absolute atomic E-state index is 0.0152. The van der Waals surface area contributed by atoms with E-state index in [2.05, 4.69) is 0 Å². The number of nitriles is 1. The van der Waals surface area contributed by atoms with E-state index in [0.717, 1.165) is 24.0 Å². The average Bonchev–Trinajstić information content (AvgIpc) is 3.08. The number of benzene rings is 2. The molecular weight excluding hydrogens is 499 g/mol. The lowest BCUT2D eigenvalue weighted by molar-refractivity contribution is -0.137. The molecule has 1 saturated heterocycles. The van der Waals surface area contributed by atoms with Crippen molar-refractivity contribution >= 4 is 21.8 Å². The molecule has 192 valence electrons. The Morgan fingerprint density at radius 2 is 1.81 bits per heavy atom. The molecule has 0 spiro atoms. The number of urea groups is 1. The summed E-state index contributed by atoms with van der Waals surface area (Å²) in [5.41, 5.74) is -0.903. The normalized spacial score (nSPS) is 22.3. The summed E-state index contributed by atoms with van der Waals surface area (Å²) in [5, 5.41) is 9.14. The third kappa shape index (κ3) is 5.27. The summed E-state index contributed by atoms with van der Waals surface area (Å²) in [6.45, 7) is 0.209. The molecule has 12 heteroatoms. The Bertz CT molecular complexity index is 1290. The van der Waals surface area contributed by atoms with E-state index in [1.165, 1.54) is 18.1 Å². The predicted octanol–water partition coefficient (Wildman–Crippen LogP) is 4.29. The first kappa shape index (κ1) is 25.8. The fourth-order valence-electron chi connectivity index (χ4n) is 4.92. The molecule has 1 aliphatic carbocycles. The zero-order chi connectivity index (χ0) is 26.3. The summed E-state index contributed by atoms with van der Waals surface area (Å²) in [6, 6.07) is 10.3. The van der Waals surface area contributed by atoms with Gasteiger partial charge in [-0.05, 0) is 55.2 Å². The summed E-state index contributed by atoms with van der Waals surface area (Å²) in [5.74, 6) is 0.640. The molecule has 2 amide bonds. The summed E-state index contributed by atoms with van der Waals surface area (Å²) >= 11 is 0. The van der Waals surface area contributed by atoms with E-state index in [1.54, 1.807) is 35.2 Å². The number of methoxy groups -OCH3 is 1. The van der Waals surface area contributed by atoms with Gasteiger partial charge in [0.2, 0.25) is 0 Å². The van der Waals surface area contributed by atoms with E-state index in [4.69, 9.17) is 14.2 Å². The number of hydrogen-bond donors (Lipinski definition) is 0. The molecule has 8 nitrogen and oxygen atoms in total. The number of carbonyl (C=O) groups excluding carboxylic acids is 1. The predicted molar refractivity (Wildman–Crippen MR) is 124 cm³/mol. The van der Waals surface area contributed by atoms with Gasteiger partial charge in [0.15, 0.2) is 0 Å². The second-order valence-electron chi connectivity index (χ2n) is 8.84. The van der Waals surface area contributed by atoms with Crippen LogP contribution in [0.5, 0.6) is 5.75 Å². The van der Waals surface area contributed by atoms with E-state index >= 15 is 0 Å². The Kier molecular flexibility index (Phi) is 6.90. The van der Waals surface area contributed by atoms with Gasteiger partial charge >= 0.3 is 12.2 Å². The molecule has 0 bridgehead atoms. The van der Waals surface area contributed by atoms with Crippen LogP contribution in [0.1, 0.15) is 36.0 Å². The van der Waals surface area contributed by atoms with Gasteiger partial charge < -0.3 is 9.64 Å². The topological polar surface area (TPSA) is 99.9 Å². The standard InChI is InChI=1S/C24H24F3N3O5S/c1-34-18-7-3-15(4-8-18)14-29-21-10-9-19(35-36(2,32)33)12-22(21)30(23(29)31)17-6-5-16(13-28)20(11-17)24(25,26)27/h3-8,11,19,21-22H,9-10,12,14H2,1-2H3. The second-order valence-corrected chi connectivity index (χ2v) is 10.4. The molecule has 36 heavy (non-hydrogen) atoms. The number of amides is 2. The van der Waals surface area contributed by atoms with E-state index in [9.17, 15) is 26.4 Å². The van der Waals surface area contributed by atoms with E-state index in [0.29, 0.717) is 18.6 Å². The highest BCUT2D eigenvalue weighted by Crippen LogP contribution is 2.41. The minimum Gasteiger partial charge on any atom is -0.497 e. The van der Waals surface area contributed by atoms with Crippen molar-refractivity contribution in [3.8, 4) is 11.8 Å². The molecular formula is C24H24F3N3O5S. The van der Waals surface area contributed by atoms with E-state index in [-0.39, 0.29) is 24.7 Å². The third-order valence-electron chi connectivity index (χ3n) is 6.45. The van der Waals surface area contributed by atoms with Crippen LogP contribution in [0, 0.1) is 11.3 Å². The first-order valence-electron chi connectivity index (χ1n) is 11.1. The van der Waals surface area contributed by atoms with Crippen molar-refractivity contribution in [3.63, 3.8) is 0 Å². The number of ether oxygens (including phenoxy) is 1. The van der Waals surface area contributed by atoms with Crippen LogP contribution in [0.3, 0.4) is 0 Å². The Morgan fingerprint density at radius 3 is 2.39 bits per heavy atom. The molecule has 2 aliphatic rings. The number of nitrogens with zero attached hydrogens (tertiary/aromatic N) is 3. The SMILES string of the molecule is COc1ccc(CN2C(=O)N(c3ccc(C#N)c(C(F)(F)F)c3)C3CC(OS(C)(=O)=O)CCC32)cc1. The highest BCUT2D eigenvalue weighted by molar-refractivity contribution is 7.86. The lowest BCUT2D eigenvalue weighted by Crippen LogP contribution is -2.45. The van der Waals surface area contributed by atoms with Gasteiger partial charge in [-0.1, -0.05) is 12.1 Å². The third-order valence-corrected chi connectivity index (χ3v) is 7.07. The van der Waals surface area contributed by atoms with Crippen molar-refractivity contribution in [2.24, 2.45) is 0 Å². The van der Waals surface area contributed by atoms with E-state index in [1.807, 2.05) is 0 Å². The van der Waals surface area contributed by atoms with Gasteiger partial charge in [-0.3, -0.25) is 9.08 Å². The van der Waals surface area contributed by atoms with Gasteiger partial charge in [-0.2, -0.15) is 26.9 Å². The number of carbonyl (C=O) groups is 1. The summed E-state index contributed by atoms with van der Waals surface area (Å²) in [4.78, 5) is 16.5. The van der Waals surface area contributed by atoms with E-state index < -0.39 is 45.6 Å². The molecule has 4 rings (SSSR count). The van der Waals surface area contributed by atoms with Gasteiger partial charge in [-0.15, -0.1) is 0 Å². The number of hydrogen-bond acceptors (Lipinski definition) is 6. The summed E-state index contributed by atoms with van der Waals surface area (Å²) < 4.78 is 74.7. The number of anilines is 1. The Hall–Kier alpha value is -3.30. The molecule has 1 saturated carbocycles. The average molecular weight is 524 g/mol. The van der Waals surface area contributed by atoms with Crippen molar-refractivity contribution in [2.45, 2.75) is 50.2 Å². The van der Waals surface area contributed by atoms with Crippen LogP contribution in [0.4, 0.5) is 23.7 Å². The summed E-state index contributed by atoms with van der Waals surface area (Å²) in [7, 11) is -2.23. The first-order chi connectivity index (χ1) is 16.9. The smallest absolute Gasteiger partial charge is 0.417 e. The van der Waals surface area contributed by atoms with Crippen LogP contribution in [-0.4, -0.2) is 50.9 Å². The van der Waals surface area contributed by atoms with Gasteiger partial charge in [0.1, 0.15) is 5.75 Å². The monoisotopic (exact) mass is 523 g/mol. The van der Waals surface area contributed by atoms with Crippen molar-refractivity contribution in [1.82, 2.24) is 4.90 Å². The van der Waals surface area contributed by atoms with Crippen LogP contribution < -0.4 is 9.64 Å². The molecule has 0 radical (unpaired) electrons. The van der Waals surface area contributed by atoms with Crippen molar-refractivity contribution in [3.05, 3.63) is 59.2 Å². The molecule has 1 heterocycles. The quantitative estimate of drug-likeness (QED) is 0.524. The first-order valence-corrected chi connectivity index (χ1v) is 13.0. The van der Waals surface area contributed by atoms with Gasteiger partial charge in [0.05, 0.1) is 48.7 Å².